The lowest BCUT2D eigenvalue weighted by atomic mass is 9.61. The van der Waals surface area contributed by atoms with E-state index in [0.29, 0.717) is 24.9 Å². The third kappa shape index (κ3) is 3.97. The van der Waals surface area contributed by atoms with Gasteiger partial charge in [-0.15, -0.1) is 5.10 Å². The summed E-state index contributed by atoms with van der Waals surface area (Å²) in [5.41, 5.74) is 2.33. The van der Waals surface area contributed by atoms with Crippen molar-refractivity contribution in [1.82, 2.24) is 28.9 Å². The van der Waals surface area contributed by atoms with Crippen LogP contribution in [-0.2, 0) is 28.3 Å². The van der Waals surface area contributed by atoms with E-state index < -0.39 is 28.2 Å². The second kappa shape index (κ2) is 9.00. The molecule has 0 spiro atoms. The number of alkyl halides is 1. The minimum absolute atomic E-state index is 0.0767. The van der Waals surface area contributed by atoms with Crippen molar-refractivity contribution in [1.29, 1.82) is 0 Å². The number of sulfonamides is 1. The SMILES string of the molecule is CC(=O)[C@]12Cc3cnn(-c4ccc(F)cc4)c3C=C1CC[C@H](N(CCF)S(=O)(=O)c1ncn(C)n1)C2. The Bertz CT molecular complexity index is 1450. The van der Waals surface area contributed by atoms with E-state index >= 15 is 0 Å². The zero-order valence-corrected chi connectivity index (χ0v) is 20.8. The van der Waals surface area contributed by atoms with Crippen LogP contribution in [0.2, 0.25) is 0 Å². The highest BCUT2D eigenvalue weighted by atomic mass is 32.2. The minimum atomic E-state index is -4.16. The third-order valence-electron chi connectivity index (χ3n) is 7.21. The average Bonchev–Trinajstić information content (AvgIpc) is 3.47. The van der Waals surface area contributed by atoms with Gasteiger partial charge >= 0.3 is 0 Å². The van der Waals surface area contributed by atoms with Crippen LogP contribution in [-0.4, -0.2) is 62.3 Å². The van der Waals surface area contributed by atoms with Gasteiger partial charge in [0.05, 0.1) is 23.0 Å². The van der Waals surface area contributed by atoms with Crippen molar-refractivity contribution in [3.63, 3.8) is 0 Å². The molecule has 3 aromatic rings. The quantitative estimate of drug-likeness (QED) is 0.479. The van der Waals surface area contributed by atoms with E-state index in [2.05, 4.69) is 15.2 Å². The number of rotatable bonds is 7. The summed E-state index contributed by atoms with van der Waals surface area (Å²) >= 11 is 0. The lowest BCUT2D eigenvalue weighted by Crippen LogP contribution is -2.50. The van der Waals surface area contributed by atoms with Crippen LogP contribution in [0.3, 0.4) is 0 Å². The van der Waals surface area contributed by atoms with Crippen LogP contribution >= 0.6 is 0 Å². The molecule has 0 radical (unpaired) electrons. The molecule has 36 heavy (non-hydrogen) atoms. The molecule has 0 N–H and O–H groups in total. The van der Waals surface area contributed by atoms with Gasteiger partial charge < -0.3 is 0 Å². The zero-order valence-electron chi connectivity index (χ0n) is 19.9. The first-order valence-electron chi connectivity index (χ1n) is 11.6. The molecular formula is C24H26F2N6O3S. The highest BCUT2D eigenvalue weighted by molar-refractivity contribution is 7.89. The number of nitrogens with zero attached hydrogens (tertiary/aromatic N) is 6. The van der Waals surface area contributed by atoms with Gasteiger partial charge in [-0.1, -0.05) is 5.57 Å². The van der Waals surface area contributed by atoms with Crippen LogP contribution in [0, 0.1) is 11.2 Å². The fourth-order valence-corrected chi connectivity index (χ4v) is 6.92. The van der Waals surface area contributed by atoms with Crippen molar-refractivity contribution in [3.8, 4) is 5.69 Å². The predicted octanol–water partition coefficient (Wildman–Crippen LogP) is 2.87. The maximum absolute atomic E-state index is 13.6. The molecule has 190 valence electrons. The Kier molecular flexibility index (Phi) is 6.11. The van der Waals surface area contributed by atoms with Crippen LogP contribution in [0.4, 0.5) is 8.78 Å². The van der Waals surface area contributed by atoms with Gasteiger partial charge in [0, 0.05) is 19.6 Å². The predicted molar refractivity (Wildman–Crippen MR) is 127 cm³/mol. The lowest BCUT2D eigenvalue weighted by Gasteiger charge is -2.45. The first kappa shape index (κ1) is 24.4. The summed E-state index contributed by atoms with van der Waals surface area (Å²) in [7, 11) is -2.60. The Hall–Kier alpha value is -3.25. The Morgan fingerprint density at radius 3 is 2.67 bits per heavy atom. The first-order chi connectivity index (χ1) is 17.2. The Morgan fingerprint density at radius 1 is 1.28 bits per heavy atom. The number of hydrogen-bond donors (Lipinski definition) is 0. The summed E-state index contributed by atoms with van der Waals surface area (Å²) in [5.74, 6) is -0.423. The maximum atomic E-state index is 13.6. The van der Waals surface area contributed by atoms with Crippen molar-refractivity contribution in [2.75, 3.05) is 13.2 Å². The van der Waals surface area contributed by atoms with Gasteiger partial charge in [0.25, 0.3) is 15.2 Å². The summed E-state index contributed by atoms with van der Waals surface area (Å²) in [4.78, 5) is 17.0. The number of hydrogen-bond acceptors (Lipinski definition) is 6. The molecule has 5 rings (SSSR count). The molecule has 1 saturated carbocycles. The van der Waals surface area contributed by atoms with Gasteiger partial charge in [-0.2, -0.15) is 9.40 Å². The van der Waals surface area contributed by atoms with Gasteiger partial charge in [-0.05, 0) is 68.5 Å². The first-order valence-corrected chi connectivity index (χ1v) is 13.1. The van der Waals surface area contributed by atoms with E-state index in [-0.39, 0.29) is 29.7 Å². The summed E-state index contributed by atoms with van der Waals surface area (Å²) in [5, 5.41) is 8.01. The topological polar surface area (TPSA) is 103 Å². The number of Topliss-reactive ketones (excluding diaryl/α,β-unsaturated/α-hetero) is 1. The largest absolute Gasteiger partial charge is 0.299 e. The van der Waals surface area contributed by atoms with E-state index in [4.69, 9.17) is 0 Å². The zero-order chi connectivity index (χ0) is 25.7. The molecule has 1 fully saturated rings. The monoisotopic (exact) mass is 516 g/mol. The molecule has 2 aliphatic carbocycles. The second-order valence-electron chi connectivity index (χ2n) is 9.33. The standard InChI is InChI=1S/C24H26F2N6O3S/c1-16(33)24-12-17-14-28-32(20-7-4-19(26)5-8-20)22(17)11-18(24)3-6-21(13-24)31(10-9-25)36(34,35)23-27-15-30(2)29-23/h4-5,7-8,11,14-15,21H,3,6,9-10,12-13H2,1-2H3/t21-,24+/m0/s1. The van der Waals surface area contributed by atoms with Crippen LogP contribution in [0.15, 0.2) is 47.5 Å². The Balaban J connectivity index is 1.51. The molecular weight excluding hydrogens is 490 g/mol. The van der Waals surface area contributed by atoms with Crippen molar-refractivity contribution < 1.29 is 22.0 Å². The fourth-order valence-electron chi connectivity index (χ4n) is 5.42. The van der Waals surface area contributed by atoms with Crippen molar-refractivity contribution >= 4 is 21.9 Å². The molecule has 2 heterocycles. The van der Waals surface area contributed by atoms with Gasteiger partial charge in [-0.25, -0.2) is 26.9 Å². The highest BCUT2D eigenvalue weighted by Gasteiger charge is 2.50. The smallest absolute Gasteiger partial charge is 0.282 e. The molecule has 0 amide bonds. The second-order valence-corrected chi connectivity index (χ2v) is 11.1. The molecule has 2 aromatic heterocycles. The molecule has 1 aromatic carbocycles. The molecule has 0 bridgehead atoms. The van der Waals surface area contributed by atoms with E-state index in [1.807, 2.05) is 6.08 Å². The molecule has 0 unspecified atom stereocenters. The van der Waals surface area contributed by atoms with Crippen LogP contribution in [0.25, 0.3) is 11.8 Å². The molecule has 0 aliphatic heterocycles. The number of halogens is 2. The average molecular weight is 517 g/mol. The number of fused-ring (bicyclic) bond motifs is 2. The van der Waals surface area contributed by atoms with Gasteiger partial charge in [-0.3, -0.25) is 9.48 Å². The molecule has 2 atom stereocenters. The molecule has 12 heteroatoms. The number of ketones is 1. The van der Waals surface area contributed by atoms with E-state index in [1.165, 1.54) is 30.1 Å². The van der Waals surface area contributed by atoms with Gasteiger partial charge in [0.1, 0.15) is 24.6 Å². The number of allylic oxidation sites excluding steroid dienone is 1. The number of aromatic nitrogens is 5. The Labute approximate surface area is 207 Å². The minimum Gasteiger partial charge on any atom is -0.299 e. The van der Waals surface area contributed by atoms with Crippen LogP contribution in [0.1, 0.15) is 37.4 Å². The van der Waals surface area contributed by atoms with E-state index in [0.717, 1.165) is 21.1 Å². The van der Waals surface area contributed by atoms with Crippen LogP contribution < -0.4 is 0 Å². The summed E-state index contributed by atoms with van der Waals surface area (Å²) in [6.45, 7) is 0.304. The normalized spacial score (nSPS) is 21.7. The van der Waals surface area contributed by atoms with Crippen LogP contribution in [0.5, 0.6) is 0 Å². The maximum Gasteiger partial charge on any atom is 0.282 e. The number of benzene rings is 1. The van der Waals surface area contributed by atoms with Gasteiger partial charge in [0.15, 0.2) is 0 Å². The highest BCUT2D eigenvalue weighted by Crippen LogP contribution is 2.50. The number of aryl methyl sites for hydroxylation is 1. The fraction of sp³-hybridized carbons (Fsp3) is 0.417. The van der Waals surface area contributed by atoms with E-state index in [9.17, 15) is 22.0 Å². The summed E-state index contributed by atoms with van der Waals surface area (Å²) in [6, 6.07) is 5.40. The third-order valence-corrected chi connectivity index (χ3v) is 8.96. The Morgan fingerprint density at radius 2 is 2.03 bits per heavy atom. The summed E-state index contributed by atoms with van der Waals surface area (Å²) < 4.78 is 57.7. The number of carbonyl (C=O) groups excluding carboxylic acids is 1. The molecule has 0 saturated heterocycles. The van der Waals surface area contributed by atoms with Crippen molar-refractivity contribution in [3.05, 3.63) is 59.4 Å². The van der Waals surface area contributed by atoms with Crippen molar-refractivity contribution in [2.45, 2.75) is 43.8 Å². The molecule has 9 nitrogen and oxygen atoms in total. The van der Waals surface area contributed by atoms with Gasteiger partial charge in [0.2, 0.25) is 0 Å². The van der Waals surface area contributed by atoms with E-state index in [1.54, 1.807) is 30.1 Å². The molecule has 2 aliphatic rings. The summed E-state index contributed by atoms with van der Waals surface area (Å²) in [6.07, 6.45) is 6.38. The lowest BCUT2D eigenvalue weighted by molar-refractivity contribution is -0.126. The van der Waals surface area contributed by atoms with Crippen molar-refractivity contribution in [2.24, 2.45) is 12.5 Å². The number of carbonyl (C=O) groups is 1.